The van der Waals surface area contributed by atoms with Crippen molar-refractivity contribution >= 4 is 11.9 Å². The molecule has 0 aromatic heterocycles. The van der Waals surface area contributed by atoms with Crippen LogP contribution in [0.2, 0.25) is 0 Å². The Kier molecular flexibility index (Phi) is 58.0. The van der Waals surface area contributed by atoms with Crippen LogP contribution in [0.25, 0.3) is 0 Å². The molecule has 6 heteroatoms. The number of amides is 1. The fourth-order valence-electron chi connectivity index (χ4n) is 9.99. The summed E-state index contributed by atoms with van der Waals surface area (Å²) in [6.07, 6.45) is 71.1. The summed E-state index contributed by atoms with van der Waals surface area (Å²) < 4.78 is 5.47. The van der Waals surface area contributed by atoms with Gasteiger partial charge < -0.3 is 20.3 Å². The lowest BCUT2D eigenvalue weighted by Gasteiger charge is -2.20. The average molecular weight is 975 g/mol. The van der Waals surface area contributed by atoms with Crippen LogP contribution in [0.15, 0.2) is 12.2 Å². The van der Waals surface area contributed by atoms with Gasteiger partial charge in [0, 0.05) is 12.8 Å². The lowest BCUT2D eigenvalue weighted by molar-refractivity contribution is -0.143. The number of carbonyl (C=O) groups excluding carboxylic acids is 2. The van der Waals surface area contributed by atoms with Crippen LogP contribution in [0, 0.1) is 0 Å². The van der Waals surface area contributed by atoms with E-state index in [0.29, 0.717) is 19.4 Å². The second kappa shape index (κ2) is 59.2. The first-order chi connectivity index (χ1) is 34.0. The van der Waals surface area contributed by atoms with Crippen LogP contribution in [0.4, 0.5) is 0 Å². The molecule has 2 atom stereocenters. The summed E-state index contributed by atoms with van der Waals surface area (Å²) in [6.45, 7) is 4.93. The molecule has 69 heavy (non-hydrogen) atoms. The molecule has 0 spiro atoms. The highest BCUT2D eigenvalue weighted by molar-refractivity contribution is 5.76. The summed E-state index contributed by atoms with van der Waals surface area (Å²) in [4.78, 5) is 24.5. The van der Waals surface area contributed by atoms with E-state index in [-0.39, 0.29) is 18.5 Å². The molecule has 0 aliphatic rings. The molecule has 0 saturated heterocycles. The zero-order valence-electron chi connectivity index (χ0n) is 46.8. The van der Waals surface area contributed by atoms with Gasteiger partial charge in [-0.15, -0.1) is 0 Å². The number of esters is 1. The van der Waals surface area contributed by atoms with Gasteiger partial charge in [0.05, 0.1) is 25.4 Å². The summed E-state index contributed by atoms with van der Waals surface area (Å²) in [6, 6.07) is -0.628. The molecule has 0 saturated carbocycles. The van der Waals surface area contributed by atoms with E-state index in [9.17, 15) is 19.8 Å². The molecule has 0 aliphatic carbocycles. The van der Waals surface area contributed by atoms with Crippen LogP contribution < -0.4 is 5.32 Å². The van der Waals surface area contributed by atoms with E-state index < -0.39 is 12.1 Å². The first-order valence-electron chi connectivity index (χ1n) is 31.5. The summed E-state index contributed by atoms with van der Waals surface area (Å²) >= 11 is 0. The zero-order valence-corrected chi connectivity index (χ0v) is 46.8. The number of aliphatic hydroxyl groups excluding tert-OH is 2. The number of nitrogens with one attached hydrogen (secondary N) is 1. The van der Waals surface area contributed by atoms with Gasteiger partial charge in [0.2, 0.25) is 5.91 Å². The summed E-state index contributed by atoms with van der Waals surface area (Å²) in [5.41, 5.74) is 0. The monoisotopic (exact) mass is 974 g/mol. The van der Waals surface area contributed by atoms with Gasteiger partial charge in [-0.25, -0.2) is 0 Å². The molecule has 410 valence electrons. The number of hydrogen-bond acceptors (Lipinski definition) is 5. The molecule has 3 N–H and O–H groups in total. The molecule has 0 aliphatic heterocycles. The van der Waals surface area contributed by atoms with Crippen LogP contribution in [0.5, 0.6) is 0 Å². The van der Waals surface area contributed by atoms with Crippen molar-refractivity contribution in [1.82, 2.24) is 5.32 Å². The van der Waals surface area contributed by atoms with Crippen molar-refractivity contribution in [3.8, 4) is 0 Å². The van der Waals surface area contributed by atoms with E-state index >= 15 is 0 Å². The second-order valence-electron chi connectivity index (χ2n) is 21.8. The fraction of sp³-hybridized carbons (Fsp3) is 0.937. The number of allylic oxidation sites excluding steroid dienone is 1. The first kappa shape index (κ1) is 67.6. The van der Waals surface area contributed by atoms with Crippen molar-refractivity contribution in [2.45, 2.75) is 366 Å². The summed E-state index contributed by atoms with van der Waals surface area (Å²) in [5.74, 6) is -0.0526. The molecule has 0 heterocycles. The molecular formula is C63H123NO5. The molecule has 0 radical (unpaired) electrons. The van der Waals surface area contributed by atoms with E-state index in [1.165, 1.54) is 289 Å². The average Bonchev–Trinajstić information content (AvgIpc) is 3.35. The highest BCUT2D eigenvalue weighted by Crippen LogP contribution is 2.18. The van der Waals surface area contributed by atoms with Gasteiger partial charge in [0.25, 0.3) is 0 Å². The minimum atomic E-state index is -0.845. The Balaban J connectivity index is 3.41. The van der Waals surface area contributed by atoms with Gasteiger partial charge in [-0.05, 0) is 32.1 Å². The van der Waals surface area contributed by atoms with Crippen molar-refractivity contribution < 1.29 is 24.5 Å². The Morgan fingerprint density at radius 2 is 0.667 bits per heavy atom. The van der Waals surface area contributed by atoms with Crippen LogP contribution in [-0.4, -0.2) is 47.4 Å². The van der Waals surface area contributed by atoms with Crippen LogP contribution in [-0.2, 0) is 14.3 Å². The second-order valence-corrected chi connectivity index (χ2v) is 21.8. The SMILES string of the molecule is CCCCCCCCCCCCCCCCCCC/C=C/C(O)C(CO)NC(=O)CCCCCCCCCCCCCCCCCCCCCCCOC(=O)CCCCCCCCCCCCCC. The maximum Gasteiger partial charge on any atom is 0.305 e. The normalized spacial score (nSPS) is 12.6. The standard InChI is InChI=1S/C63H123NO5/c1-3-5-7-9-11-13-15-17-18-19-23-26-29-32-35-39-43-47-51-55-61(66)60(59-65)64-62(67)56-52-48-44-40-36-33-30-27-24-21-20-22-25-28-31-34-38-42-46-50-54-58-69-63(68)57-53-49-45-41-37-16-14-12-10-8-6-4-2/h51,55,60-61,65-66H,3-50,52-54,56-59H2,1-2H3,(H,64,67)/b55-51+. The third-order valence-corrected chi connectivity index (χ3v) is 14.8. The van der Waals surface area contributed by atoms with Crippen LogP contribution in [0.3, 0.4) is 0 Å². The number of ether oxygens (including phenoxy) is 1. The number of unbranched alkanes of at least 4 members (excludes halogenated alkanes) is 48. The highest BCUT2D eigenvalue weighted by atomic mass is 16.5. The molecule has 6 nitrogen and oxygen atoms in total. The predicted octanol–water partition coefficient (Wildman–Crippen LogP) is 19.6. The van der Waals surface area contributed by atoms with Gasteiger partial charge in [-0.2, -0.15) is 0 Å². The minimum absolute atomic E-state index is 0.0128. The molecular weight excluding hydrogens is 851 g/mol. The van der Waals surface area contributed by atoms with Crippen LogP contribution >= 0.6 is 0 Å². The fourth-order valence-corrected chi connectivity index (χ4v) is 9.99. The van der Waals surface area contributed by atoms with Gasteiger partial charge >= 0.3 is 5.97 Å². The van der Waals surface area contributed by atoms with Crippen molar-refractivity contribution in [3.05, 3.63) is 12.2 Å². The number of carbonyl (C=O) groups is 2. The smallest absolute Gasteiger partial charge is 0.305 e. The van der Waals surface area contributed by atoms with Gasteiger partial charge in [0.15, 0.2) is 0 Å². The lowest BCUT2D eigenvalue weighted by atomic mass is 10.0. The first-order valence-corrected chi connectivity index (χ1v) is 31.5. The Labute approximate surface area is 431 Å². The quantitative estimate of drug-likeness (QED) is 0.0321. The van der Waals surface area contributed by atoms with Gasteiger partial charge in [-0.1, -0.05) is 321 Å². The van der Waals surface area contributed by atoms with Gasteiger partial charge in [-0.3, -0.25) is 9.59 Å². The molecule has 0 aromatic rings. The number of hydrogen-bond donors (Lipinski definition) is 3. The number of rotatable bonds is 59. The highest BCUT2D eigenvalue weighted by Gasteiger charge is 2.18. The van der Waals surface area contributed by atoms with E-state index in [0.717, 1.165) is 38.5 Å². The summed E-state index contributed by atoms with van der Waals surface area (Å²) in [5, 5.41) is 23.2. The molecule has 2 unspecified atom stereocenters. The minimum Gasteiger partial charge on any atom is -0.466 e. The molecule has 0 aromatic carbocycles. The van der Waals surface area contributed by atoms with Gasteiger partial charge in [0.1, 0.15) is 0 Å². The van der Waals surface area contributed by atoms with Crippen molar-refractivity contribution in [2.24, 2.45) is 0 Å². The molecule has 0 rings (SSSR count). The predicted molar refractivity (Wildman–Crippen MR) is 301 cm³/mol. The van der Waals surface area contributed by atoms with E-state index in [2.05, 4.69) is 19.2 Å². The Morgan fingerprint density at radius 3 is 0.986 bits per heavy atom. The van der Waals surface area contributed by atoms with E-state index in [1.807, 2.05) is 6.08 Å². The van der Waals surface area contributed by atoms with Crippen LogP contribution in [0.1, 0.15) is 354 Å². The Morgan fingerprint density at radius 1 is 0.391 bits per heavy atom. The number of aliphatic hydroxyl groups is 2. The van der Waals surface area contributed by atoms with Crippen molar-refractivity contribution in [1.29, 1.82) is 0 Å². The third-order valence-electron chi connectivity index (χ3n) is 14.8. The molecule has 1 amide bonds. The molecule has 0 fully saturated rings. The van der Waals surface area contributed by atoms with E-state index in [1.54, 1.807) is 6.08 Å². The maximum atomic E-state index is 12.5. The lowest BCUT2D eigenvalue weighted by Crippen LogP contribution is -2.45. The largest absolute Gasteiger partial charge is 0.466 e. The third kappa shape index (κ3) is 55.8. The Hall–Kier alpha value is -1.40. The molecule has 0 bridgehead atoms. The topological polar surface area (TPSA) is 95.9 Å². The Bertz CT molecular complexity index is 1030. The van der Waals surface area contributed by atoms with Crippen molar-refractivity contribution in [3.63, 3.8) is 0 Å². The van der Waals surface area contributed by atoms with E-state index in [4.69, 9.17) is 4.74 Å². The van der Waals surface area contributed by atoms with Crippen molar-refractivity contribution in [2.75, 3.05) is 13.2 Å². The summed E-state index contributed by atoms with van der Waals surface area (Å²) in [7, 11) is 0. The zero-order chi connectivity index (χ0) is 50.0. The maximum absolute atomic E-state index is 12.5.